The number of carbonyl (C=O) groups excluding carboxylic acids is 4. The van der Waals surface area contributed by atoms with Crippen molar-refractivity contribution >= 4 is 50.1 Å². The number of carbonyl (C=O) groups is 4. The number of esters is 2. The Bertz CT molecular complexity index is 1130. The summed E-state index contributed by atoms with van der Waals surface area (Å²) in [5, 5.41) is 9.12. The average molecular weight is 473 g/mol. The van der Waals surface area contributed by atoms with Gasteiger partial charge in [0.05, 0.1) is 17.0 Å². The first-order valence-corrected chi connectivity index (χ1v) is 11.0. The fourth-order valence-corrected chi connectivity index (χ4v) is 3.95. The molecule has 31 heavy (non-hydrogen) atoms. The van der Waals surface area contributed by atoms with Crippen LogP contribution >= 0.6 is 11.3 Å². The van der Waals surface area contributed by atoms with Gasteiger partial charge in [-0.2, -0.15) is 0 Å². The smallest absolute Gasteiger partial charge is 0.374 e. The van der Waals surface area contributed by atoms with Crippen molar-refractivity contribution in [2.24, 2.45) is 5.14 Å². The highest BCUT2D eigenvalue weighted by molar-refractivity contribution is 7.89. The Morgan fingerprint density at radius 3 is 2.39 bits per heavy atom. The number of nitrogens with one attached hydrogen (secondary N) is 2. The monoisotopic (exact) mass is 473 g/mol. The molecule has 0 fully saturated rings. The highest BCUT2D eigenvalue weighted by Gasteiger charge is 2.27. The van der Waals surface area contributed by atoms with Gasteiger partial charge >= 0.3 is 11.9 Å². The molecule has 2 aromatic rings. The second kappa shape index (κ2) is 9.72. The maximum absolute atomic E-state index is 12.3. The quantitative estimate of drug-likeness (QED) is 0.463. The van der Waals surface area contributed by atoms with Crippen molar-refractivity contribution in [3.05, 3.63) is 33.9 Å². The molecule has 14 heteroatoms. The molecule has 0 aliphatic heterocycles. The summed E-state index contributed by atoms with van der Waals surface area (Å²) in [6.45, 7) is 2.44. The molecule has 0 saturated carbocycles. The molecule has 0 aromatic carbocycles. The fourth-order valence-electron chi connectivity index (χ4n) is 2.33. The van der Waals surface area contributed by atoms with E-state index in [0.717, 1.165) is 23.5 Å². The summed E-state index contributed by atoms with van der Waals surface area (Å²) >= 11 is 0.854. The number of sulfonamides is 1. The lowest BCUT2D eigenvalue weighted by Gasteiger charge is -2.07. The third-order valence-corrected chi connectivity index (χ3v) is 5.70. The number of ether oxygens (including phenoxy) is 2. The van der Waals surface area contributed by atoms with Crippen molar-refractivity contribution in [1.82, 2.24) is 5.32 Å². The summed E-state index contributed by atoms with van der Waals surface area (Å²) in [4.78, 5) is 48.6. The first kappa shape index (κ1) is 24.0. The number of primary sulfonamides is 1. The number of anilines is 1. The Hall–Kier alpha value is -3.23. The van der Waals surface area contributed by atoms with Gasteiger partial charge in [-0.15, -0.1) is 11.3 Å². The summed E-state index contributed by atoms with van der Waals surface area (Å²) in [5.74, 6) is -3.59. The van der Waals surface area contributed by atoms with Crippen LogP contribution in [0.3, 0.4) is 0 Å². The standard InChI is InChI=1S/C17H19N3O9S2/c1-4-27-17(24)12-8(2)13(14(22)19-3)30-15(12)20-10(21)7-28-16(23)9-5-6-11(29-9)31(18,25)26/h5-6H,4,7H2,1-3H3,(H,19,22)(H,20,21)(H2,18,25,26). The van der Waals surface area contributed by atoms with E-state index in [-0.39, 0.29) is 22.0 Å². The van der Waals surface area contributed by atoms with E-state index in [0.29, 0.717) is 5.56 Å². The van der Waals surface area contributed by atoms with Crippen molar-refractivity contribution in [1.29, 1.82) is 0 Å². The first-order valence-electron chi connectivity index (χ1n) is 8.61. The third-order valence-electron chi connectivity index (χ3n) is 3.71. The van der Waals surface area contributed by atoms with Crippen LogP contribution in [0.4, 0.5) is 5.00 Å². The minimum Gasteiger partial charge on any atom is -0.462 e. The van der Waals surface area contributed by atoms with Crippen LogP contribution in [-0.2, 0) is 24.3 Å². The zero-order valence-corrected chi connectivity index (χ0v) is 18.3. The highest BCUT2D eigenvalue weighted by atomic mass is 32.2. The predicted octanol–water partition coefficient (Wildman–Crippen LogP) is 0.629. The van der Waals surface area contributed by atoms with Crippen molar-refractivity contribution in [3.63, 3.8) is 0 Å². The number of rotatable bonds is 8. The van der Waals surface area contributed by atoms with E-state index >= 15 is 0 Å². The average Bonchev–Trinajstić information content (AvgIpc) is 3.31. The van der Waals surface area contributed by atoms with Crippen LogP contribution in [0.2, 0.25) is 0 Å². The van der Waals surface area contributed by atoms with Gasteiger partial charge in [-0.05, 0) is 31.5 Å². The van der Waals surface area contributed by atoms with Gasteiger partial charge in [0.2, 0.25) is 10.9 Å². The summed E-state index contributed by atoms with van der Waals surface area (Å²) in [5.41, 5.74) is 0.329. The SMILES string of the molecule is CCOC(=O)c1c(NC(=O)COC(=O)c2ccc(S(N)(=O)=O)o2)sc(C(=O)NC)c1C. The summed E-state index contributed by atoms with van der Waals surface area (Å²) in [6, 6.07) is 1.99. The zero-order valence-electron chi connectivity index (χ0n) is 16.6. The molecule has 0 unspecified atom stereocenters. The number of amides is 2. The summed E-state index contributed by atoms with van der Waals surface area (Å²) < 4.78 is 36.9. The molecular weight excluding hydrogens is 454 g/mol. The van der Waals surface area contributed by atoms with Gasteiger partial charge in [0.25, 0.3) is 21.8 Å². The number of nitrogens with two attached hydrogens (primary N) is 1. The van der Waals surface area contributed by atoms with Gasteiger partial charge in [0, 0.05) is 7.05 Å². The van der Waals surface area contributed by atoms with E-state index in [2.05, 4.69) is 10.6 Å². The van der Waals surface area contributed by atoms with Crippen LogP contribution in [0.5, 0.6) is 0 Å². The van der Waals surface area contributed by atoms with Crippen LogP contribution in [-0.4, -0.2) is 52.4 Å². The second-order valence-electron chi connectivity index (χ2n) is 5.85. The molecule has 168 valence electrons. The van der Waals surface area contributed by atoms with Gasteiger partial charge in [-0.1, -0.05) is 0 Å². The van der Waals surface area contributed by atoms with Crippen LogP contribution in [0.15, 0.2) is 21.6 Å². The van der Waals surface area contributed by atoms with Crippen LogP contribution < -0.4 is 15.8 Å². The predicted molar refractivity (Wildman–Crippen MR) is 107 cm³/mol. The van der Waals surface area contributed by atoms with Gasteiger partial charge in [0.1, 0.15) is 5.00 Å². The maximum Gasteiger partial charge on any atom is 0.374 e. The first-order chi connectivity index (χ1) is 14.5. The molecule has 4 N–H and O–H groups in total. The minimum absolute atomic E-state index is 0.00829. The molecule has 0 aliphatic rings. The number of thiophene rings is 1. The van der Waals surface area contributed by atoms with Crippen LogP contribution in [0.25, 0.3) is 0 Å². The third kappa shape index (κ3) is 5.68. The fraction of sp³-hybridized carbons (Fsp3) is 0.294. The van der Waals surface area contributed by atoms with E-state index in [4.69, 9.17) is 19.0 Å². The molecule has 2 heterocycles. The molecule has 12 nitrogen and oxygen atoms in total. The Balaban J connectivity index is 2.14. The second-order valence-corrected chi connectivity index (χ2v) is 8.36. The zero-order chi connectivity index (χ0) is 23.3. The minimum atomic E-state index is -4.15. The van der Waals surface area contributed by atoms with Crippen molar-refractivity contribution in [2.75, 3.05) is 25.6 Å². The Labute approximate surface area is 180 Å². The lowest BCUT2D eigenvalue weighted by Crippen LogP contribution is -2.21. The Morgan fingerprint density at radius 2 is 1.84 bits per heavy atom. The molecule has 0 spiro atoms. The van der Waals surface area contributed by atoms with Gasteiger partial charge < -0.3 is 24.5 Å². The van der Waals surface area contributed by atoms with Crippen molar-refractivity contribution < 1.29 is 41.5 Å². The largest absolute Gasteiger partial charge is 0.462 e. The molecule has 2 aromatic heterocycles. The van der Waals surface area contributed by atoms with Crippen molar-refractivity contribution in [2.45, 2.75) is 18.9 Å². The van der Waals surface area contributed by atoms with E-state index in [1.807, 2.05) is 0 Å². The van der Waals surface area contributed by atoms with Crippen molar-refractivity contribution in [3.8, 4) is 0 Å². The van der Waals surface area contributed by atoms with E-state index < -0.39 is 51.2 Å². The number of furan rings is 1. The molecule has 0 atom stereocenters. The molecule has 2 amide bonds. The van der Waals surface area contributed by atoms with Crippen LogP contribution in [0, 0.1) is 6.92 Å². The molecule has 0 aliphatic carbocycles. The normalized spacial score (nSPS) is 11.0. The number of hydrogen-bond acceptors (Lipinski definition) is 10. The molecule has 0 bridgehead atoms. The maximum atomic E-state index is 12.3. The number of hydrogen-bond donors (Lipinski definition) is 3. The van der Waals surface area contributed by atoms with Gasteiger partial charge in [-0.25, -0.2) is 23.1 Å². The molecule has 0 saturated heterocycles. The van der Waals surface area contributed by atoms with Gasteiger partial charge in [0.15, 0.2) is 6.61 Å². The topological polar surface area (TPSA) is 184 Å². The highest BCUT2D eigenvalue weighted by Crippen LogP contribution is 2.33. The molecule has 2 rings (SSSR count). The van der Waals surface area contributed by atoms with E-state index in [9.17, 15) is 27.6 Å². The molecule has 0 radical (unpaired) electrons. The summed E-state index contributed by atoms with van der Waals surface area (Å²) in [7, 11) is -2.73. The Morgan fingerprint density at radius 1 is 1.16 bits per heavy atom. The van der Waals surface area contributed by atoms with Gasteiger partial charge in [-0.3, -0.25) is 9.59 Å². The molecular formula is C17H19N3O9S2. The lowest BCUT2D eigenvalue weighted by atomic mass is 10.1. The van der Waals surface area contributed by atoms with E-state index in [1.165, 1.54) is 14.0 Å². The Kier molecular flexibility index (Phi) is 7.54. The lowest BCUT2D eigenvalue weighted by molar-refractivity contribution is -0.119. The van der Waals surface area contributed by atoms with Crippen LogP contribution in [0.1, 0.15) is 43.1 Å². The van der Waals surface area contributed by atoms with E-state index in [1.54, 1.807) is 6.92 Å². The summed E-state index contributed by atoms with van der Waals surface area (Å²) in [6.07, 6.45) is 0.